The number of hydrogen-bond acceptors (Lipinski definition) is 2. The third-order valence-corrected chi connectivity index (χ3v) is 4.36. The van der Waals surface area contributed by atoms with E-state index in [1.165, 1.54) is 19.3 Å². The molecule has 16 heavy (non-hydrogen) atoms. The van der Waals surface area contributed by atoms with Crippen LogP contribution in [-0.4, -0.2) is 18.5 Å². The van der Waals surface area contributed by atoms with Crippen LogP contribution in [0.25, 0.3) is 0 Å². The van der Waals surface area contributed by atoms with Gasteiger partial charge in [0.05, 0.1) is 6.04 Å². The first-order valence-electron chi connectivity index (χ1n) is 6.58. The average molecular weight is 226 g/mol. The van der Waals surface area contributed by atoms with Gasteiger partial charge in [0.25, 0.3) is 0 Å². The maximum atomic E-state index is 11.8. The van der Waals surface area contributed by atoms with Crippen LogP contribution in [0.1, 0.15) is 52.9 Å². The molecule has 94 valence electrons. The molecule has 0 aromatic carbocycles. The van der Waals surface area contributed by atoms with Gasteiger partial charge < -0.3 is 11.1 Å². The summed E-state index contributed by atoms with van der Waals surface area (Å²) >= 11 is 0. The molecular formula is C13H26N2O. The molecule has 2 atom stereocenters. The number of carbonyl (C=O) groups excluding carboxylic acids is 1. The lowest BCUT2D eigenvalue weighted by Gasteiger charge is -2.41. The molecule has 0 unspecified atom stereocenters. The molecule has 0 saturated heterocycles. The van der Waals surface area contributed by atoms with Gasteiger partial charge >= 0.3 is 0 Å². The monoisotopic (exact) mass is 226 g/mol. The summed E-state index contributed by atoms with van der Waals surface area (Å²) in [6.07, 6.45) is 5.92. The molecule has 3 heteroatoms. The highest BCUT2D eigenvalue weighted by Gasteiger charge is 2.35. The molecule has 1 rings (SSSR count). The third-order valence-electron chi connectivity index (χ3n) is 4.36. The van der Waals surface area contributed by atoms with Gasteiger partial charge in [-0.25, -0.2) is 0 Å². The highest BCUT2D eigenvalue weighted by molar-refractivity contribution is 5.81. The number of hydrogen-bond donors (Lipinski definition) is 2. The van der Waals surface area contributed by atoms with E-state index in [1.54, 1.807) is 0 Å². The summed E-state index contributed by atoms with van der Waals surface area (Å²) in [5.41, 5.74) is 6.27. The molecule has 1 fully saturated rings. The Morgan fingerprint density at radius 2 is 2.06 bits per heavy atom. The Bertz CT molecular complexity index is 231. The van der Waals surface area contributed by atoms with Gasteiger partial charge in [0.15, 0.2) is 0 Å². The van der Waals surface area contributed by atoms with E-state index in [2.05, 4.69) is 19.2 Å². The maximum Gasteiger partial charge on any atom is 0.237 e. The minimum Gasteiger partial charge on any atom is -0.354 e. The summed E-state index contributed by atoms with van der Waals surface area (Å²) in [6, 6.07) is -0.348. The van der Waals surface area contributed by atoms with Crippen molar-refractivity contribution >= 4 is 5.91 Å². The zero-order valence-corrected chi connectivity index (χ0v) is 10.9. The summed E-state index contributed by atoms with van der Waals surface area (Å²) < 4.78 is 0. The van der Waals surface area contributed by atoms with Crippen molar-refractivity contribution in [3.63, 3.8) is 0 Å². The molecule has 1 aliphatic rings. The van der Waals surface area contributed by atoms with Gasteiger partial charge in [-0.15, -0.1) is 0 Å². The van der Waals surface area contributed by atoms with Crippen molar-refractivity contribution in [3.05, 3.63) is 0 Å². The second-order valence-electron chi connectivity index (χ2n) is 5.34. The summed E-state index contributed by atoms with van der Waals surface area (Å²) in [7, 11) is 0. The van der Waals surface area contributed by atoms with E-state index in [4.69, 9.17) is 5.73 Å². The third kappa shape index (κ3) is 2.97. The Balaban J connectivity index is 2.34. The highest BCUT2D eigenvalue weighted by Crippen LogP contribution is 2.43. The van der Waals surface area contributed by atoms with Crippen molar-refractivity contribution in [1.82, 2.24) is 5.32 Å². The maximum absolute atomic E-state index is 11.8. The van der Waals surface area contributed by atoms with E-state index in [1.807, 2.05) is 6.92 Å². The molecule has 1 saturated carbocycles. The van der Waals surface area contributed by atoms with Gasteiger partial charge in [0.1, 0.15) is 0 Å². The fourth-order valence-electron chi connectivity index (χ4n) is 2.24. The molecule has 1 amide bonds. The molecule has 0 heterocycles. The van der Waals surface area contributed by atoms with Crippen molar-refractivity contribution in [2.75, 3.05) is 6.54 Å². The molecule has 0 aliphatic heterocycles. The first kappa shape index (κ1) is 13.5. The van der Waals surface area contributed by atoms with Crippen LogP contribution in [0.15, 0.2) is 0 Å². The second kappa shape index (κ2) is 5.67. The molecule has 0 radical (unpaired) electrons. The van der Waals surface area contributed by atoms with Gasteiger partial charge in [0.2, 0.25) is 5.91 Å². The van der Waals surface area contributed by atoms with Crippen LogP contribution in [0, 0.1) is 11.3 Å². The Hall–Kier alpha value is -0.570. The van der Waals surface area contributed by atoms with Crippen LogP contribution in [0.4, 0.5) is 0 Å². The van der Waals surface area contributed by atoms with E-state index in [-0.39, 0.29) is 17.9 Å². The van der Waals surface area contributed by atoms with E-state index in [0.717, 1.165) is 19.4 Å². The molecular weight excluding hydrogens is 200 g/mol. The van der Waals surface area contributed by atoms with Crippen molar-refractivity contribution < 1.29 is 4.79 Å². The van der Waals surface area contributed by atoms with E-state index < -0.39 is 0 Å². The van der Waals surface area contributed by atoms with Crippen molar-refractivity contribution in [3.8, 4) is 0 Å². The summed E-state index contributed by atoms with van der Waals surface area (Å²) in [4.78, 5) is 11.8. The zero-order chi connectivity index (χ0) is 12.2. The van der Waals surface area contributed by atoms with Gasteiger partial charge in [-0.05, 0) is 30.6 Å². The van der Waals surface area contributed by atoms with E-state index >= 15 is 0 Å². The van der Waals surface area contributed by atoms with Crippen LogP contribution < -0.4 is 11.1 Å². The molecule has 0 aromatic heterocycles. The van der Waals surface area contributed by atoms with Crippen LogP contribution in [0.3, 0.4) is 0 Å². The average Bonchev–Trinajstić information content (AvgIpc) is 2.25. The summed E-state index contributed by atoms with van der Waals surface area (Å²) in [5, 5.41) is 3.03. The predicted molar refractivity (Wildman–Crippen MR) is 67.0 cm³/mol. The molecule has 1 aliphatic carbocycles. The number of carbonyl (C=O) groups is 1. The molecule has 0 spiro atoms. The highest BCUT2D eigenvalue weighted by atomic mass is 16.2. The molecule has 3 N–H and O–H groups in total. The van der Waals surface area contributed by atoms with Gasteiger partial charge in [-0.2, -0.15) is 0 Å². The number of nitrogens with one attached hydrogen (secondary N) is 1. The second-order valence-corrected chi connectivity index (χ2v) is 5.34. The largest absolute Gasteiger partial charge is 0.354 e. The first-order chi connectivity index (χ1) is 7.54. The lowest BCUT2D eigenvalue weighted by Crippen LogP contribution is -2.49. The minimum absolute atomic E-state index is 0.0223. The molecule has 0 bridgehead atoms. The van der Waals surface area contributed by atoms with Gasteiger partial charge in [-0.1, -0.05) is 33.6 Å². The number of rotatable bonds is 6. The summed E-state index contributed by atoms with van der Waals surface area (Å²) in [6.45, 7) is 7.12. The normalized spacial score (nSPS) is 22.0. The zero-order valence-electron chi connectivity index (χ0n) is 10.9. The van der Waals surface area contributed by atoms with Crippen LogP contribution >= 0.6 is 0 Å². The standard InChI is InChI=1S/C13H26N2O/c1-4-10(3)11(14)12(16)15-9-13(5-2)7-6-8-13/h10-11H,4-9,14H2,1-3H3,(H,15,16)/t10-,11-/m0/s1. The first-order valence-corrected chi connectivity index (χ1v) is 6.58. The van der Waals surface area contributed by atoms with Crippen LogP contribution in [0.2, 0.25) is 0 Å². The Labute approximate surface area is 99.2 Å². The van der Waals surface area contributed by atoms with Crippen molar-refractivity contribution in [2.45, 2.75) is 58.9 Å². The SMILES string of the molecule is CC[C@H](C)[C@H](N)C(=O)NCC1(CC)CCC1. The summed E-state index contributed by atoms with van der Waals surface area (Å²) in [5.74, 6) is 0.285. The van der Waals surface area contributed by atoms with Crippen molar-refractivity contribution in [1.29, 1.82) is 0 Å². The van der Waals surface area contributed by atoms with Gasteiger partial charge in [0, 0.05) is 6.54 Å². The van der Waals surface area contributed by atoms with Crippen LogP contribution in [0.5, 0.6) is 0 Å². The molecule has 3 nitrogen and oxygen atoms in total. The number of nitrogens with two attached hydrogens (primary N) is 1. The Kier molecular flexibility index (Phi) is 4.78. The Morgan fingerprint density at radius 1 is 1.44 bits per heavy atom. The van der Waals surface area contributed by atoms with Crippen LogP contribution in [-0.2, 0) is 4.79 Å². The predicted octanol–water partition coefficient (Wildman–Crippen LogP) is 2.06. The minimum atomic E-state index is -0.348. The topological polar surface area (TPSA) is 55.1 Å². The number of amides is 1. The lowest BCUT2D eigenvalue weighted by atomic mass is 9.67. The smallest absolute Gasteiger partial charge is 0.237 e. The fraction of sp³-hybridized carbons (Fsp3) is 0.923. The lowest BCUT2D eigenvalue weighted by molar-refractivity contribution is -0.124. The van der Waals surface area contributed by atoms with E-state index in [0.29, 0.717) is 5.41 Å². The van der Waals surface area contributed by atoms with E-state index in [9.17, 15) is 4.79 Å². The molecule has 0 aromatic rings. The fourth-order valence-corrected chi connectivity index (χ4v) is 2.24. The van der Waals surface area contributed by atoms with Gasteiger partial charge in [-0.3, -0.25) is 4.79 Å². The Morgan fingerprint density at radius 3 is 2.44 bits per heavy atom. The van der Waals surface area contributed by atoms with Crippen molar-refractivity contribution in [2.24, 2.45) is 17.1 Å². The quantitative estimate of drug-likeness (QED) is 0.728.